The van der Waals surface area contributed by atoms with Crippen molar-refractivity contribution in [3.8, 4) is 6.07 Å². The van der Waals surface area contributed by atoms with E-state index in [0.717, 1.165) is 16.2 Å². The number of para-hydroxylation sites is 2. The third kappa shape index (κ3) is 2.00. The van der Waals surface area contributed by atoms with Crippen LogP contribution in [0.3, 0.4) is 0 Å². The lowest BCUT2D eigenvalue weighted by Gasteiger charge is -2.32. The van der Waals surface area contributed by atoms with Crippen LogP contribution in [0, 0.1) is 11.3 Å². The predicted octanol–water partition coefficient (Wildman–Crippen LogP) is 3.76. The third-order valence-electron chi connectivity index (χ3n) is 5.18. The van der Waals surface area contributed by atoms with Crippen molar-refractivity contribution in [1.29, 1.82) is 5.26 Å². The number of hydrogen-bond acceptors (Lipinski definition) is 4. The highest BCUT2D eigenvalue weighted by molar-refractivity contribution is 6.65. The van der Waals surface area contributed by atoms with E-state index in [4.69, 9.17) is 13.7 Å². The van der Waals surface area contributed by atoms with Crippen molar-refractivity contribution in [2.75, 3.05) is 0 Å². The molecular weight excluding hydrogens is 301 g/mol. The average molecular weight is 319 g/mol. The zero-order valence-electron chi connectivity index (χ0n) is 14.2. The summed E-state index contributed by atoms with van der Waals surface area (Å²) in [5.41, 5.74) is 1.88. The van der Waals surface area contributed by atoms with Crippen LogP contribution >= 0.6 is 0 Å². The molecule has 4 rings (SSSR count). The van der Waals surface area contributed by atoms with Gasteiger partial charge in [-0.15, -0.1) is 0 Å². The van der Waals surface area contributed by atoms with Gasteiger partial charge in [0.15, 0.2) is 5.58 Å². The van der Waals surface area contributed by atoms with Gasteiger partial charge in [0.25, 0.3) is 0 Å². The van der Waals surface area contributed by atoms with E-state index in [9.17, 15) is 5.26 Å². The van der Waals surface area contributed by atoms with E-state index in [1.165, 1.54) is 0 Å². The largest absolute Gasteiger partial charge is 0.498 e. The van der Waals surface area contributed by atoms with E-state index in [2.05, 4.69) is 6.07 Å². The van der Waals surface area contributed by atoms with Crippen LogP contribution in [0.1, 0.15) is 33.3 Å². The zero-order valence-corrected chi connectivity index (χ0v) is 14.2. The second-order valence-electron chi connectivity index (χ2n) is 7.21. The fourth-order valence-corrected chi connectivity index (χ4v) is 3.09. The van der Waals surface area contributed by atoms with Crippen molar-refractivity contribution in [3.05, 3.63) is 42.0 Å². The number of furan rings is 1. The maximum Gasteiger partial charge on any atom is 0.498 e. The number of hydrogen-bond donors (Lipinski definition) is 0. The van der Waals surface area contributed by atoms with E-state index in [-0.39, 0.29) is 0 Å². The van der Waals surface area contributed by atoms with Crippen molar-refractivity contribution in [2.45, 2.75) is 38.9 Å². The molecule has 0 N–H and O–H groups in total. The molecule has 0 amide bonds. The Bertz CT molecular complexity index is 981. The van der Waals surface area contributed by atoms with Gasteiger partial charge in [0.1, 0.15) is 11.7 Å². The second-order valence-corrected chi connectivity index (χ2v) is 7.21. The average Bonchev–Trinajstić information content (AvgIpc) is 3.01. The molecule has 0 spiro atoms. The molecule has 24 heavy (non-hydrogen) atoms. The molecule has 2 aromatic carbocycles. The minimum absolute atomic E-state index is 0.413. The van der Waals surface area contributed by atoms with Crippen molar-refractivity contribution >= 4 is 34.5 Å². The van der Waals surface area contributed by atoms with Crippen LogP contribution in [0.5, 0.6) is 0 Å². The minimum atomic E-state index is -0.496. The smallest absolute Gasteiger partial charge is 0.455 e. The Hall–Kier alpha value is -2.29. The molecule has 1 fully saturated rings. The minimum Gasteiger partial charge on any atom is -0.455 e. The molecule has 5 heteroatoms. The van der Waals surface area contributed by atoms with E-state index in [1.54, 1.807) is 6.07 Å². The molecule has 4 nitrogen and oxygen atoms in total. The molecule has 1 aliphatic heterocycles. The van der Waals surface area contributed by atoms with E-state index < -0.39 is 18.3 Å². The summed E-state index contributed by atoms with van der Waals surface area (Å²) in [7, 11) is -0.496. The Morgan fingerprint density at radius 2 is 1.46 bits per heavy atom. The molecular formula is C19H18BNO3. The maximum atomic E-state index is 9.32. The monoisotopic (exact) mass is 319 g/mol. The Kier molecular flexibility index (Phi) is 3.09. The molecule has 1 aromatic heterocycles. The number of nitrogens with zero attached hydrogens (tertiary/aromatic N) is 1. The van der Waals surface area contributed by atoms with Gasteiger partial charge in [-0.2, -0.15) is 5.26 Å². The topological polar surface area (TPSA) is 55.4 Å². The SMILES string of the molecule is CC1(C)OB(c2cccc3c2oc2c(C#N)cccc23)OC1(C)C. The molecule has 120 valence electrons. The molecule has 0 radical (unpaired) electrons. The lowest BCUT2D eigenvalue weighted by Crippen LogP contribution is -2.41. The van der Waals surface area contributed by atoms with Gasteiger partial charge in [0.05, 0.1) is 16.8 Å². The number of benzene rings is 2. The van der Waals surface area contributed by atoms with Crippen LogP contribution in [0.4, 0.5) is 0 Å². The van der Waals surface area contributed by atoms with Crippen LogP contribution in [0.25, 0.3) is 21.9 Å². The number of rotatable bonds is 1. The highest BCUT2D eigenvalue weighted by Gasteiger charge is 2.52. The predicted molar refractivity (Wildman–Crippen MR) is 94.2 cm³/mol. The van der Waals surface area contributed by atoms with Crippen LogP contribution in [-0.2, 0) is 9.31 Å². The lowest BCUT2D eigenvalue weighted by molar-refractivity contribution is 0.00578. The first-order chi connectivity index (χ1) is 11.3. The summed E-state index contributed by atoms with van der Waals surface area (Å²) < 4.78 is 18.4. The quantitative estimate of drug-likeness (QED) is 0.641. The highest BCUT2D eigenvalue weighted by Crippen LogP contribution is 2.38. The summed E-state index contributed by atoms with van der Waals surface area (Å²) in [6.07, 6.45) is 0. The van der Waals surface area contributed by atoms with Gasteiger partial charge in [0.2, 0.25) is 0 Å². The Morgan fingerprint density at radius 1 is 0.875 bits per heavy atom. The molecule has 0 atom stereocenters. The fraction of sp³-hybridized carbons (Fsp3) is 0.316. The van der Waals surface area contributed by atoms with Gasteiger partial charge in [-0.3, -0.25) is 0 Å². The van der Waals surface area contributed by atoms with Gasteiger partial charge in [-0.05, 0) is 33.8 Å². The van der Waals surface area contributed by atoms with Gasteiger partial charge in [0, 0.05) is 16.2 Å². The van der Waals surface area contributed by atoms with Gasteiger partial charge >= 0.3 is 7.12 Å². The van der Waals surface area contributed by atoms with Crippen molar-refractivity contribution in [2.24, 2.45) is 0 Å². The van der Waals surface area contributed by atoms with Crippen LogP contribution < -0.4 is 5.46 Å². The first-order valence-electron chi connectivity index (χ1n) is 8.04. The van der Waals surface area contributed by atoms with E-state index >= 15 is 0 Å². The third-order valence-corrected chi connectivity index (χ3v) is 5.18. The highest BCUT2D eigenvalue weighted by atomic mass is 16.7. The zero-order chi connectivity index (χ0) is 17.1. The van der Waals surface area contributed by atoms with Gasteiger partial charge < -0.3 is 13.7 Å². The molecule has 0 bridgehead atoms. The normalized spacial score (nSPS) is 19.0. The van der Waals surface area contributed by atoms with Crippen LogP contribution in [0.2, 0.25) is 0 Å². The van der Waals surface area contributed by atoms with E-state index in [1.807, 2.05) is 58.0 Å². The Balaban J connectivity index is 1.94. The molecule has 1 saturated heterocycles. The van der Waals surface area contributed by atoms with Crippen molar-refractivity contribution < 1.29 is 13.7 Å². The molecule has 2 heterocycles. The molecule has 1 aliphatic rings. The standard InChI is InChI=1S/C19H18BNO3/c1-18(2)19(3,4)24-20(23-18)15-10-6-9-14-13-8-5-7-12(11-21)16(13)22-17(14)15/h5-10H,1-4H3. The number of nitriles is 1. The lowest BCUT2D eigenvalue weighted by atomic mass is 9.78. The summed E-state index contributed by atoms with van der Waals surface area (Å²) in [5.74, 6) is 0. The number of fused-ring (bicyclic) bond motifs is 3. The molecule has 0 saturated carbocycles. The Morgan fingerprint density at radius 3 is 2.08 bits per heavy atom. The first kappa shape index (κ1) is 15.3. The maximum absolute atomic E-state index is 9.32. The summed E-state index contributed by atoms with van der Waals surface area (Å²) >= 11 is 0. The summed E-state index contributed by atoms with van der Waals surface area (Å²) in [6, 6.07) is 13.7. The van der Waals surface area contributed by atoms with Gasteiger partial charge in [-0.1, -0.05) is 30.3 Å². The first-order valence-corrected chi connectivity index (χ1v) is 8.04. The van der Waals surface area contributed by atoms with Crippen LogP contribution in [0.15, 0.2) is 40.8 Å². The van der Waals surface area contributed by atoms with Gasteiger partial charge in [-0.25, -0.2) is 0 Å². The molecule has 0 unspecified atom stereocenters. The Labute approximate surface area is 141 Å². The van der Waals surface area contributed by atoms with E-state index in [0.29, 0.717) is 16.7 Å². The van der Waals surface area contributed by atoms with Crippen LogP contribution in [-0.4, -0.2) is 18.3 Å². The molecule has 3 aromatic rings. The molecule has 0 aliphatic carbocycles. The van der Waals surface area contributed by atoms with Crippen molar-refractivity contribution in [1.82, 2.24) is 0 Å². The summed E-state index contributed by atoms with van der Waals surface area (Å²) in [5, 5.41) is 11.2. The second kappa shape index (κ2) is 4.86. The van der Waals surface area contributed by atoms with Crippen molar-refractivity contribution in [3.63, 3.8) is 0 Å². The summed E-state index contributed by atoms with van der Waals surface area (Å²) in [6.45, 7) is 8.11. The fourth-order valence-electron chi connectivity index (χ4n) is 3.09. The summed E-state index contributed by atoms with van der Waals surface area (Å²) in [4.78, 5) is 0.